The molecule has 2 aromatic heterocycles. The van der Waals surface area contributed by atoms with Gasteiger partial charge in [0.05, 0.1) is 38.3 Å². The van der Waals surface area contributed by atoms with Crippen LogP contribution in [-0.2, 0) is 17.9 Å². The third-order valence-corrected chi connectivity index (χ3v) is 6.22. The highest BCUT2D eigenvalue weighted by molar-refractivity contribution is 6.31. The standard InChI is InChI=1S/C27H23ClN4O4/c1-35-19-10-7-17(8-11-19)14-31-16-29-25-20-5-3-4-6-22(20)32(26(25)27(31)34)15-24(33)30-21-13-18(28)9-12-23(21)36-2/h3-13,16H,14-15H2,1-2H3,(H,30,33). The Bertz CT molecular complexity index is 1640. The van der Waals surface area contributed by atoms with Crippen LogP contribution in [-0.4, -0.2) is 34.2 Å². The molecule has 0 aliphatic carbocycles. The number of amides is 1. The van der Waals surface area contributed by atoms with Crippen molar-refractivity contribution in [1.29, 1.82) is 0 Å². The second kappa shape index (κ2) is 9.75. The van der Waals surface area contributed by atoms with Gasteiger partial charge in [-0.1, -0.05) is 41.9 Å². The number of hydrogen-bond acceptors (Lipinski definition) is 5. The number of aromatic nitrogens is 3. The maximum absolute atomic E-state index is 13.6. The number of ether oxygens (including phenoxy) is 2. The van der Waals surface area contributed by atoms with Crippen LogP contribution in [0, 0.1) is 0 Å². The molecule has 1 N–H and O–H groups in total. The largest absolute Gasteiger partial charge is 0.497 e. The lowest BCUT2D eigenvalue weighted by Crippen LogP contribution is -2.25. The Morgan fingerprint density at radius 3 is 2.56 bits per heavy atom. The van der Waals surface area contributed by atoms with E-state index in [1.54, 1.807) is 36.2 Å². The van der Waals surface area contributed by atoms with Crippen molar-refractivity contribution in [2.45, 2.75) is 13.1 Å². The lowest BCUT2D eigenvalue weighted by atomic mass is 10.2. The van der Waals surface area contributed by atoms with Gasteiger partial charge in [0.2, 0.25) is 5.91 Å². The lowest BCUT2D eigenvalue weighted by Gasteiger charge is -2.12. The fourth-order valence-electron chi connectivity index (χ4n) is 4.26. The van der Waals surface area contributed by atoms with E-state index in [9.17, 15) is 9.59 Å². The van der Waals surface area contributed by atoms with Crippen LogP contribution in [0.2, 0.25) is 5.02 Å². The van der Waals surface area contributed by atoms with E-state index in [0.717, 1.165) is 22.2 Å². The number of nitrogens with one attached hydrogen (secondary N) is 1. The summed E-state index contributed by atoms with van der Waals surface area (Å²) in [5.74, 6) is 0.892. The van der Waals surface area contributed by atoms with Crippen molar-refractivity contribution < 1.29 is 14.3 Å². The number of methoxy groups -OCH3 is 2. The quantitative estimate of drug-likeness (QED) is 0.348. The number of nitrogens with zero attached hydrogens (tertiary/aromatic N) is 3. The zero-order valence-electron chi connectivity index (χ0n) is 19.7. The highest BCUT2D eigenvalue weighted by Crippen LogP contribution is 2.29. The van der Waals surface area contributed by atoms with Gasteiger partial charge in [-0.05, 0) is 42.0 Å². The molecular formula is C27H23ClN4O4. The molecule has 0 radical (unpaired) electrons. The predicted molar refractivity (Wildman–Crippen MR) is 140 cm³/mol. The maximum atomic E-state index is 13.6. The number of carbonyl (C=O) groups excluding carboxylic acids is 1. The molecule has 0 atom stereocenters. The summed E-state index contributed by atoms with van der Waals surface area (Å²) in [7, 11) is 3.12. The molecule has 182 valence electrons. The molecule has 0 saturated carbocycles. The summed E-state index contributed by atoms with van der Waals surface area (Å²) in [4.78, 5) is 31.4. The fourth-order valence-corrected chi connectivity index (χ4v) is 4.44. The molecule has 8 nitrogen and oxygen atoms in total. The third-order valence-electron chi connectivity index (χ3n) is 5.98. The van der Waals surface area contributed by atoms with Gasteiger partial charge in [0.25, 0.3) is 5.56 Å². The Morgan fingerprint density at radius 1 is 1.03 bits per heavy atom. The molecule has 0 aliphatic rings. The second-order valence-electron chi connectivity index (χ2n) is 8.22. The zero-order chi connectivity index (χ0) is 25.2. The summed E-state index contributed by atoms with van der Waals surface area (Å²) in [5, 5.41) is 4.11. The van der Waals surface area contributed by atoms with Crippen molar-refractivity contribution in [1.82, 2.24) is 14.1 Å². The number of halogens is 1. The summed E-state index contributed by atoms with van der Waals surface area (Å²) >= 11 is 6.11. The topological polar surface area (TPSA) is 87.4 Å². The summed E-state index contributed by atoms with van der Waals surface area (Å²) < 4.78 is 13.8. The first kappa shape index (κ1) is 23.4. The molecule has 0 saturated heterocycles. The van der Waals surface area contributed by atoms with Gasteiger partial charge in [0.15, 0.2) is 0 Å². The Labute approximate surface area is 211 Å². The summed E-state index contributed by atoms with van der Waals surface area (Å²) in [6.07, 6.45) is 1.54. The molecular weight excluding hydrogens is 480 g/mol. The van der Waals surface area contributed by atoms with E-state index in [0.29, 0.717) is 34.0 Å². The third kappa shape index (κ3) is 4.38. The lowest BCUT2D eigenvalue weighted by molar-refractivity contribution is -0.116. The van der Waals surface area contributed by atoms with Gasteiger partial charge in [0, 0.05) is 10.4 Å². The van der Waals surface area contributed by atoms with Gasteiger partial charge < -0.3 is 19.4 Å². The van der Waals surface area contributed by atoms with E-state index in [4.69, 9.17) is 21.1 Å². The Kier molecular flexibility index (Phi) is 6.35. The average molecular weight is 503 g/mol. The van der Waals surface area contributed by atoms with Crippen molar-refractivity contribution in [3.05, 3.63) is 94.0 Å². The van der Waals surface area contributed by atoms with E-state index >= 15 is 0 Å². The predicted octanol–water partition coefficient (Wildman–Crippen LogP) is 4.71. The monoisotopic (exact) mass is 502 g/mol. The van der Waals surface area contributed by atoms with Crippen molar-refractivity contribution in [2.24, 2.45) is 0 Å². The van der Waals surface area contributed by atoms with E-state index in [1.807, 2.05) is 48.5 Å². The van der Waals surface area contributed by atoms with Gasteiger partial charge in [0.1, 0.15) is 29.1 Å². The van der Waals surface area contributed by atoms with E-state index in [-0.39, 0.29) is 18.0 Å². The molecule has 0 fully saturated rings. The van der Waals surface area contributed by atoms with Gasteiger partial charge in [-0.25, -0.2) is 4.98 Å². The van der Waals surface area contributed by atoms with Crippen LogP contribution in [0.15, 0.2) is 77.9 Å². The van der Waals surface area contributed by atoms with Crippen molar-refractivity contribution in [2.75, 3.05) is 19.5 Å². The molecule has 0 spiro atoms. The number of carbonyl (C=O) groups is 1. The second-order valence-corrected chi connectivity index (χ2v) is 8.66. The molecule has 2 heterocycles. The molecule has 0 bridgehead atoms. The first-order valence-corrected chi connectivity index (χ1v) is 11.6. The summed E-state index contributed by atoms with van der Waals surface area (Å²) in [5.41, 5.74) is 2.79. The number of benzene rings is 3. The molecule has 3 aromatic carbocycles. The summed E-state index contributed by atoms with van der Waals surface area (Å²) in [6, 6.07) is 20.0. The molecule has 36 heavy (non-hydrogen) atoms. The van der Waals surface area contributed by atoms with Gasteiger partial charge >= 0.3 is 0 Å². The number of fused-ring (bicyclic) bond motifs is 3. The van der Waals surface area contributed by atoms with Crippen LogP contribution in [0.5, 0.6) is 11.5 Å². The highest BCUT2D eigenvalue weighted by atomic mass is 35.5. The Hall–Kier alpha value is -4.30. The van der Waals surface area contributed by atoms with Gasteiger partial charge in [-0.2, -0.15) is 0 Å². The Morgan fingerprint density at radius 2 is 1.81 bits per heavy atom. The zero-order valence-corrected chi connectivity index (χ0v) is 20.5. The molecule has 1 amide bonds. The first-order chi connectivity index (χ1) is 17.5. The van der Waals surface area contributed by atoms with E-state index < -0.39 is 0 Å². The van der Waals surface area contributed by atoms with Crippen molar-refractivity contribution >= 4 is 45.1 Å². The number of anilines is 1. The minimum atomic E-state index is -0.330. The SMILES string of the molecule is COc1ccc(Cn2cnc3c4ccccc4n(CC(=O)Nc4cc(Cl)ccc4OC)c3c2=O)cc1. The van der Waals surface area contributed by atoms with Crippen molar-refractivity contribution in [3.63, 3.8) is 0 Å². The van der Waals surface area contributed by atoms with Crippen molar-refractivity contribution in [3.8, 4) is 11.5 Å². The molecule has 0 unspecified atom stereocenters. The van der Waals surface area contributed by atoms with E-state index in [2.05, 4.69) is 10.3 Å². The fraction of sp³-hybridized carbons (Fsp3) is 0.148. The first-order valence-electron chi connectivity index (χ1n) is 11.2. The number of para-hydroxylation sites is 1. The number of hydrogen-bond donors (Lipinski definition) is 1. The van der Waals surface area contributed by atoms with Crippen LogP contribution < -0.4 is 20.3 Å². The van der Waals surface area contributed by atoms with Crippen LogP contribution in [0.4, 0.5) is 5.69 Å². The number of rotatable bonds is 7. The van der Waals surface area contributed by atoms with Gasteiger partial charge in [-0.15, -0.1) is 0 Å². The molecule has 5 rings (SSSR count). The minimum absolute atomic E-state index is 0.0941. The van der Waals surface area contributed by atoms with Crippen LogP contribution in [0.3, 0.4) is 0 Å². The summed E-state index contributed by atoms with van der Waals surface area (Å²) in [6.45, 7) is 0.238. The minimum Gasteiger partial charge on any atom is -0.497 e. The van der Waals surface area contributed by atoms with Gasteiger partial charge in [-0.3, -0.25) is 14.2 Å². The molecule has 9 heteroatoms. The molecule has 0 aliphatic heterocycles. The average Bonchev–Trinajstić information content (AvgIpc) is 3.20. The van der Waals surface area contributed by atoms with E-state index in [1.165, 1.54) is 11.7 Å². The Balaban J connectivity index is 1.55. The normalized spacial score (nSPS) is 11.1. The molecule has 5 aromatic rings. The maximum Gasteiger partial charge on any atom is 0.278 e. The smallest absolute Gasteiger partial charge is 0.278 e. The van der Waals surface area contributed by atoms with Crippen LogP contribution in [0.1, 0.15) is 5.56 Å². The van der Waals surface area contributed by atoms with Crippen LogP contribution in [0.25, 0.3) is 21.9 Å². The highest BCUT2D eigenvalue weighted by Gasteiger charge is 2.19. The van der Waals surface area contributed by atoms with Crippen LogP contribution >= 0.6 is 11.6 Å².